The molecule has 0 aliphatic heterocycles. The quantitative estimate of drug-likeness (QED) is 0.758. The minimum absolute atomic E-state index is 0.793. The molecule has 2 rings (SSSR count). The molecule has 0 radical (unpaired) electrons. The molecule has 0 saturated carbocycles. The van der Waals surface area contributed by atoms with Crippen molar-refractivity contribution in [1.82, 2.24) is 14.9 Å². The molecule has 0 amide bonds. The SMILES string of the molecule is CN(C)CCCNc1cc(Nc2ccccc2)ncn1. The van der Waals surface area contributed by atoms with Crippen LogP contribution in [0.25, 0.3) is 0 Å². The lowest BCUT2D eigenvalue weighted by Gasteiger charge is -2.11. The van der Waals surface area contributed by atoms with E-state index in [0.717, 1.165) is 36.8 Å². The van der Waals surface area contributed by atoms with Gasteiger partial charge in [0.2, 0.25) is 0 Å². The van der Waals surface area contributed by atoms with Crippen LogP contribution in [0.4, 0.5) is 17.3 Å². The van der Waals surface area contributed by atoms with Crippen LogP contribution >= 0.6 is 0 Å². The van der Waals surface area contributed by atoms with Crippen LogP contribution in [0.3, 0.4) is 0 Å². The van der Waals surface area contributed by atoms with Gasteiger partial charge < -0.3 is 15.5 Å². The minimum atomic E-state index is 0.793. The van der Waals surface area contributed by atoms with Crippen molar-refractivity contribution in [3.05, 3.63) is 42.7 Å². The zero-order chi connectivity index (χ0) is 14.2. The van der Waals surface area contributed by atoms with Gasteiger partial charge in [-0.3, -0.25) is 0 Å². The summed E-state index contributed by atoms with van der Waals surface area (Å²) in [6, 6.07) is 11.9. The van der Waals surface area contributed by atoms with E-state index in [4.69, 9.17) is 0 Å². The summed E-state index contributed by atoms with van der Waals surface area (Å²) < 4.78 is 0. The van der Waals surface area contributed by atoms with Gasteiger partial charge in [-0.25, -0.2) is 9.97 Å². The van der Waals surface area contributed by atoms with E-state index in [1.165, 1.54) is 0 Å². The Morgan fingerprint density at radius 2 is 1.80 bits per heavy atom. The first kappa shape index (κ1) is 14.3. The van der Waals surface area contributed by atoms with E-state index in [1.807, 2.05) is 36.4 Å². The summed E-state index contributed by atoms with van der Waals surface area (Å²) in [5.74, 6) is 1.64. The molecule has 0 unspecified atom stereocenters. The molecule has 0 aliphatic carbocycles. The van der Waals surface area contributed by atoms with Gasteiger partial charge in [-0.1, -0.05) is 18.2 Å². The first-order valence-electron chi connectivity index (χ1n) is 6.77. The first-order chi connectivity index (χ1) is 9.74. The van der Waals surface area contributed by atoms with Crippen LogP contribution < -0.4 is 10.6 Å². The van der Waals surface area contributed by atoms with Gasteiger partial charge in [-0.05, 0) is 39.2 Å². The van der Waals surface area contributed by atoms with Crippen LogP contribution in [-0.4, -0.2) is 42.1 Å². The Labute approximate surface area is 120 Å². The Hall–Kier alpha value is -2.14. The van der Waals surface area contributed by atoms with Crippen molar-refractivity contribution in [3.8, 4) is 0 Å². The fourth-order valence-corrected chi connectivity index (χ4v) is 1.80. The number of rotatable bonds is 7. The second kappa shape index (κ2) is 7.45. The Morgan fingerprint density at radius 1 is 1.05 bits per heavy atom. The van der Waals surface area contributed by atoms with Crippen molar-refractivity contribution in [1.29, 1.82) is 0 Å². The highest BCUT2D eigenvalue weighted by Crippen LogP contribution is 2.15. The van der Waals surface area contributed by atoms with Crippen molar-refractivity contribution in [3.63, 3.8) is 0 Å². The molecule has 20 heavy (non-hydrogen) atoms. The van der Waals surface area contributed by atoms with E-state index in [-0.39, 0.29) is 0 Å². The molecule has 2 aromatic rings. The lowest BCUT2D eigenvalue weighted by molar-refractivity contribution is 0.405. The Balaban J connectivity index is 1.88. The molecule has 5 nitrogen and oxygen atoms in total. The third-order valence-electron chi connectivity index (χ3n) is 2.80. The normalized spacial score (nSPS) is 10.6. The summed E-state index contributed by atoms with van der Waals surface area (Å²) in [7, 11) is 4.15. The summed E-state index contributed by atoms with van der Waals surface area (Å²) in [6.45, 7) is 1.97. The van der Waals surface area contributed by atoms with Crippen LogP contribution in [0.5, 0.6) is 0 Å². The molecule has 0 bridgehead atoms. The standard InChI is InChI=1S/C15H21N5/c1-20(2)10-6-9-16-14-11-15(18-12-17-14)19-13-7-4-3-5-8-13/h3-5,7-8,11-12H,6,9-10H2,1-2H3,(H2,16,17,18,19). The molecule has 0 aliphatic rings. The van der Waals surface area contributed by atoms with Gasteiger partial charge in [0.1, 0.15) is 18.0 Å². The monoisotopic (exact) mass is 271 g/mol. The zero-order valence-electron chi connectivity index (χ0n) is 12.0. The molecular formula is C15H21N5. The fourth-order valence-electron chi connectivity index (χ4n) is 1.80. The summed E-state index contributed by atoms with van der Waals surface area (Å²) in [6.07, 6.45) is 2.65. The highest BCUT2D eigenvalue weighted by molar-refractivity contribution is 5.58. The molecule has 0 spiro atoms. The average molecular weight is 271 g/mol. The smallest absolute Gasteiger partial charge is 0.135 e. The first-order valence-corrected chi connectivity index (χ1v) is 6.77. The molecule has 106 valence electrons. The number of hydrogen-bond acceptors (Lipinski definition) is 5. The summed E-state index contributed by atoms with van der Waals surface area (Å²) in [5, 5.41) is 6.56. The molecule has 0 saturated heterocycles. The van der Waals surface area contributed by atoms with E-state index in [0.29, 0.717) is 0 Å². The van der Waals surface area contributed by atoms with E-state index < -0.39 is 0 Å². The Bertz CT molecular complexity index is 513. The number of nitrogens with one attached hydrogen (secondary N) is 2. The van der Waals surface area contributed by atoms with Crippen molar-refractivity contribution >= 4 is 17.3 Å². The number of aromatic nitrogens is 2. The molecule has 0 atom stereocenters. The number of benzene rings is 1. The Morgan fingerprint density at radius 3 is 2.55 bits per heavy atom. The molecule has 1 heterocycles. The summed E-state index contributed by atoms with van der Waals surface area (Å²) >= 11 is 0. The maximum atomic E-state index is 4.22. The fraction of sp³-hybridized carbons (Fsp3) is 0.333. The van der Waals surface area contributed by atoms with Gasteiger partial charge >= 0.3 is 0 Å². The predicted molar refractivity (Wildman–Crippen MR) is 83.4 cm³/mol. The number of hydrogen-bond donors (Lipinski definition) is 2. The van der Waals surface area contributed by atoms with E-state index in [2.05, 4.69) is 39.6 Å². The van der Waals surface area contributed by atoms with Crippen LogP contribution in [-0.2, 0) is 0 Å². The second-order valence-electron chi connectivity index (χ2n) is 4.86. The lowest BCUT2D eigenvalue weighted by atomic mass is 10.3. The molecule has 1 aromatic carbocycles. The van der Waals surface area contributed by atoms with Gasteiger partial charge in [-0.15, -0.1) is 0 Å². The molecule has 5 heteroatoms. The highest BCUT2D eigenvalue weighted by Gasteiger charge is 1.99. The van der Waals surface area contributed by atoms with Crippen LogP contribution in [0.15, 0.2) is 42.7 Å². The minimum Gasteiger partial charge on any atom is -0.370 e. The van der Waals surface area contributed by atoms with Crippen LogP contribution in [0.1, 0.15) is 6.42 Å². The van der Waals surface area contributed by atoms with Crippen molar-refractivity contribution in [2.75, 3.05) is 37.8 Å². The molecule has 0 fully saturated rings. The predicted octanol–water partition coefficient (Wildman–Crippen LogP) is 2.58. The van der Waals surface area contributed by atoms with Crippen LogP contribution in [0, 0.1) is 0 Å². The van der Waals surface area contributed by atoms with Gasteiger partial charge in [0, 0.05) is 18.3 Å². The zero-order valence-corrected chi connectivity index (χ0v) is 12.0. The van der Waals surface area contributed by atoms with Crippen molar-refractivity contribution < 1.29 is 0 Å². The maximum absolute atomic E-state index is 4.22. The van der Waals surface area contributed by atoms with Gasteiger partial charge in [0.25, 0.3) is 0 Å². The van der Waals surface area contributed by atoms with E-state index >= 15 is 0 Å². The highest BCUT2D eigenvalue weighted by atomic mass is 15.1. The molecule has 1 aromatic heterocycles. The lowest BCUT2D eigenvalue weighted by Crippen LogP contribution is -2.16. The average Bonchev–Trinajstić information content (AvgIpc) is 2.45. The summed E-state index contributed by atoms with van der Waals surface area (Å²) in [5.41, 5.74) is 1.02. The van der Waals surface area contributed by atoms with Crippen molar-refractivity contribution in [2.24, 2.45) is 0 Å². The largest absolute Gasteiger partial charge is 0.370 e. The topological polar surface area (TPSA) is 53.1 Å². The second-order valence-corrected chi connectivity index (χ2v) is 4.86. The maximum Gasteiger partial charge on any atom is 0.135 e. The summed E-state index contributed by atoms with van der Waals surface area (Å²) in [4.78, 5) is 10.6. The molecular weight excluding hydrogens is 250 g/mol. The van der Waals surface area contributed by atoms with Gasteiger partial charge in [-0.2, -0.15) is 0 Å². The Kier molecular flexibility index (Phi) is 5.32. The van der Waals surface area contributed by atoms with Crippen molar-refractivity contribution in [2.45, 2.75) is 6.42 Å². The van der Waals surface area contributed by atoms with Crippen LogP contribution in [0.2, 0.25) is 0 Å². The number of nitrogens with zero attached hydrogens (tertiary/aromatic N) is 3. The van der Waals surface area contributed by atoms with E-state index in [9.17, 15) is 0 Å². The van der Waals surface area contributed by atoms with Gasteiger partial charge in [0.15, 0.2) is 0 Å². The molecule has 2 N–H and O–H groups in total. The van der Waals surface area contributed by atoms with E-state index in [1.54, 1.807) is 6.33 Å². The number of para-hydroxylation sites is 1. The number of anilines is 3. The van der Waals surface area contributed by atoms with Gasteiger partial charge in [0.05, 0.1) is 0 Å². The third-order valence-corrected chi connectivity index (χ3v) is 2.80. The third kappa shape index (κ3) is 4.85.